The van der Waals surface area contributed by atoms with Crippen LogP contribution in [0.15, 0.2) is 30.3 Å². The highest BCUT2D eigenvalue weighted by molar-refractivity contribution is 6.09. The van der Waals surface area contributed by atoms with Crippen LogP contribution in [0, 0.1) is 6.92 Å². The lowest BCUT2D eigenvalue weighted by Gasteiger charge is -2.12. The Morgan fingerprint density at radius 2 is 1.78 bits per heavy atom. The van der Waals surface area contributed by atoms with Gasteiger partial charge in [-0.3, -0.25) is 0 Å². The summed E-state index contributed by atoms with van der Waals surface area (Å²) < 4.78 is 5.64. The van der Waals surface area contributed by atoms with Gasteiger partial charge < -0.3 is 9.72 Å². The number of aromatic amines is 1. The van der Waals surface area contributed by atoms with Crippen LogP contribution in [0.2, 0.25) is 0 Å². The van der Waals surface area contributed by atoms with E-state index in [1.54, 1.807) is 7.11 Å². The predicted molar refractivity (Wildman–Crippen MR) is 99.6 cm³/mol. The van der Waals surface area contributed by atoms with E-state index < -0.39 is 0 Å². The lowest BCUT2D eigenvalue weighted by atomic mass is 9.97. The van der Waals surface area contributed by atoms with Gasteiger partial charge in [0.05, 0.1) is 12.6 Å². The average molecular weight is 309 g/mol. The minimum Gasteiger partial charge on any atom is -0.496 e. The van der Waals surface area contributed by atoms with E-state index in [-0.39, 0.29) is 0 Å². The second kappa shape index (κ2) is 7.08. The molecular formula is C21H27NO. The van der Waals surface area contributed by atoms with E-state index in [4.69, 9.17) is 4.74 Å². The summed E-state index contributed by atoms with van der Waals surface area (Å²) in [6.45, 7) is 4.45. The topological polar surface area (TPSA) is 25.0 Å². The van der Waals surface area contributed by atoms with Gasteiger partial charge in [0.25, 0.3) is 0 Å². The van der Waals surface area contributed by atoms with E-state index in [9.17, 15) is 0 Å². The zero-order valence-electron chi connectivity index (χ0n) is 14.5. The second-order valence-electron chi connectivity index (χ2n) is 6.44. The Morgan fingerprint density at radius 1 is 1.00 bits per heavy atom. The Morgan fingerprint density at radius 3 is 2.57 bits per heavy atom. The van der Waals surface area contributed by atoms with E-state index in [0.29, 0.717) is 0 Å². The first kappa shape index (κ1) is 15.9. The zero-order valence-corrected chi connectivity index (χ0v) is 14.5. The van der Waals surface area contributed by atoms with Gasteiger partial charge in [0.15, 0.2) is 0 Å². The molecule has 0 aliphatic carbocycles. The standard InChI is InChI=1S/C21H27NO/c1-4-5-6-7-8-11-16-15(2)20(23-3)14-18-17-12-9-10-13-19(17)22-21(16)18/h9-10,12-14,22H,4-8,11H2,1-3H3. The molecule has 0 unspecified atom stereocenters. The number of aryl methyl sites for hydroxylation is 1. The quantitative estimate of drug-likeness (QED) is 0.520. The van der Waals surface area contributed by atoms with Crippen molar-refractivity contribution < 1.29 is 4.74 Å². The number of aromatic nitrogens is 1. The number of ether oxygens (including phenoxy) is 1. The largest absolute Gasteiger partial charge is 0.496 e. The molecule has 0 aliphatic rings. The second-order valence-corrected chi connectivity index (χ2v) is 6.44. The molecule has 2 aromatic carbocycles. The number of para-hydroxylation sites is 1. The summed E-state index contributed by atoms with van der Waals surface area (Å²) >= 11 is 0. The van der Waals surface area contributed by atoms with Crippen LogP contribution in [0.25, 0.3) is 21.8 Å². The van der Waals surface area contributed by atoms with Crippen LogP contribution in [0.1, 0.15) is 50.2 Å². The minimum atomic E-state index is 1.01. The zero-order chi connectivity index (χ0) is 16.2. The Kier molecular flexibility index (Phi) is 4.90. The number of methoxy groups -OCH3 is 1. The van der Waals surface area contributed by atoms with Crippen molar-refractivity contribution in [3.8, 4) is 5.75 Å². The van der Waals surface area contributed by atoms with Gasteiger partial charge in [-0.05, 0) is 43.0 Å². The molecule has 0 aliphatic heterocycles. The highest BCUT2D eigenvalue weighted by Crippen LogP contribution is 2.35. The molecule has 0 fully saturated rings. The summed E-state index contributed by atoms with van der Waals surface area (Å²) in [5, 5.41) is 2.57. The first-order valence-electron chi connectivity index (χ1n) is 8.83. The van der Waals surface area contributed by atoms with Gasteiger partial charge in [-0.2, -0.15) is 0 Å². The van der Waals surface area contributed by atoms with Crippen LogP contribution in [0.4, 0.5) is 0 Å². The van der Waals surface area contributed by atoms with Crippen LogP contribution in [0.3, 0.4) is 0 Å². The van der Waals surface area contributed by atoms with Gasteiger partial charge in [0.1, 0.15) is 5.75 Å². The molecule has 3 rings (SSSR count). The van der Waals surface area contributed by atoms with E-state index in [1.807, 2.05) is 0 Å². The molecule has 1 heterocycles. The number of H-pyrrole nitrogens is 1. The number of benzene rings is 2. The fourth-order valence-corrected chi connectivity index (χ4v) is 3.56. The van der Waals surface area contributed by atoms with Crippen molar-refractivity contribution in [3.63, 3.8) is 0 Å². The molecule has 2 nitrogen and oxygen atoms in total. The maximum Gasteiger partial charge on any atom is 0.122 e. The molecule has 1 aromatic heterocycles. The molecule has 0 saturated carbocycles. The minimum absolute atomic E-state index is 1.01. The summed E-state index contributed by atoms with van der Waals surface area (Å²) in [6, 6.07) is 10.7. The maximum atomic E-state index is 5.64. The van der Waals surface area contributed by atoms with Gasteiger partial charge in [-0.25, -0.2) is 0 Å². The monoisotopic (exact) mass is 309 g/mol. The van der Waals surface area contributed by atoms with Gasteiger partial charge in [-0.15, -0.1) is 0 Å². The summed E-state index contributed by atoms with van der Waals surface area (Å²) in [5.41, 5.74) is 5.21. The van der Waals surface area contributed by atoms with Crippen LogP contribution in [-0.4, -0.2) is 12.1 Å². The van der Waals surface area contributed by atoms with Crippen molar-refractivity contribution in [1.29, 1.82) is 0 Å². The van der Waals surface area contributed by atoms with Crippen molar-refractivity contribution in [2.75, 3.05) is 7.11 Å². The molecular weight excluding hydrogens is 282 g/mol. The number of fused-ring (bicyclic) bond motifs is 3. The molecule has 0 radical (unpaired) electrons. The molecule has 1 N–H and O–H groups in total. The fraction of sp³-hybridized carbons (Fsp3) is 0.429. The first-order chi connectivity index (χ1) is 11.3. The summed E-state index contributed by atoms with van der Waals surface area (Å²) in [5.74, 6) is 1.01. The van der Waals surface area contributed by atoms with E-state index in [2.05, 4.69) is 49.2 Å². The molecule has 122 valence electrons. The van der Waals surface area contributed by atoms with Crippen molar-refractivity contribution in [1.82, 2.24) is 4.98 Å². The molecule has 2 heteroatoms. The van der Waals surface area contributed by atoms with Gasteiger partial charge >= 0.3 is 0 Å². The van der Waals surface area contributed by atoms with Gasteiger partial charge in [0.2, 0.25) is 0 Å². The molecule has 3 aromatic rings. The first-order valence-corrected chi connectivity index (χ1v) is 8.83. The van der Waals surface area contributed by atoms with Crippen LogP contribution >= 0.6 is 0 Å². The summed E-state index contributed by atoms with van der Waals surface area (Å²) in [4.78, 5) is 3.64. The Hall–Kier alpha value is -1.96. The Bertz CT molecular complexity index is 800. The number of unbranched alkanes of at least 4 members (excludes halogenated alkanes) is 4. The molecule has 23 heavy (non-hydrogen) atoms. The van der Waals surface area contributed by atoms with Crippen LogP contribution in [-0.2, 0) is 6.42 Å². The molecule has 0 atom stereocenters. The van der Waals surface area contributed by atoms with E-state index in [1.165, 1.54) is 65.0 Å². The van der Waals surface area contributed by atoms with Crippen molar-refractivity contribution in [2.24, 2.45) is 0 Å². The highest BCUT2D eigenvalue weighted by Gasteiger charge is 2.14. The molecule has 0 amide bonds. The lowest BCUT2D eigenvalue weighted by Crippen LogP contribution is -1.96. The van der Waals surface area contributed by atoms with Gasteiger partial charge in [-0.1, -0.05) is 50.8 Å². The third-order valence-electron chi connectivity index (χ3n) is 4.90. The van der Waals surface area contributed by atoms with E-state index >= 15 is 0 Å². The number of hydrogen-bond donors (Lipinski definition) is 1. The average Bonchev–Trinajstić information content (AvgIpc) is 2.94. The Balaban J connectivity index is 2.01. The molecule has 0 spiro atoms. The van der Waals surface area contributed by atoms with Crippen LogP contribution < -0.4 is 4.74 Å². The fourth-order valence-electron chi connectivity index (χ4n) is 3.56. The normalized spacial score (nSPS) is 11.4. The van der Waals surface area contributed by atoms with Crippen molar-refractivity contribution in [3.05, 3.63) is 41.5 Å². The van der Waals surface area contributed by atoms with Crippen LogP contribution in [0.5, 0.6) is 5.75 Å². The SMILES string of the molecule is CCCCCCCc1c(C)c(OC)cc2c1[nH]c1ccccc12. The summed E-state index contributed by atoms with van der Waals surface area (Å²) in [6.07, 6.45) is 7.67. The Labute approximate surface area is 138 Å². The molecule has 0 bridgehead atoms. The van der Waals surface area contributed by atoms with E-state index in [0.717, 1.165) is 12.2 Å². The third-order valence-corrected chi connectivity index (χ3v) is 4.90. The van der Waals surface area contributed by atoms with Crippen molar-refractivity contribution in [2.45, 2.75) is 52.4 Å². The number of rotatable bonds is 7. The van der Waals surface area contributed by atoms with Gasteiger partial charge in [0, 0.05) is 16.3 Å². The highest BCUT2D eigenvalue weighted by atomic mass is 16.5. The number of hydrogen-bond acceptors (Lipinski definition) is 1. The predicted octanol–water partition coefficient (Wildman–Crippen LogP) is 6.15. The lowest BCUT2D eigenvalue weighted by molar-refractivity contribution is 0.411. The third kappa shape index (κ3) is 3.08. The smallest absolute Gasteiger partial charge is 0.122 e. The van der Waals surface area contributed by atoms with Crippen molar-refractivity contribution >= 4 is 21.8 Å². The summed E-state index contributed by atoms with van der Waals surface area (Å²) in [7, 11) is 1.77. The molecule has 0 saturated heterocycles. The maximum absolute atomic E-state index is 5.64. The number of nitrogens with one attached hydrogen (secondary N) is 1.